The van der Waals surface area contributed by atoms with Gasteiger partial charge in [0, 0.05) is 12.6 Å². The molecule has 0 heterocycles. The van der Waals surface area contributed by atoms with Gasteiger partial charge in [-0.25, -0.2) is 14.4 Å². The van der Waals surface area contributed by atoms with Crippen LogP contribution < -0.4 is 27.0 Å². The first kappa shape index (κ1) is 35.3. The zero-order valence-corrected chi connectivity index (χ0v) is 25.0. The predicted molar refractivity (Wildman–Crippen MR) is 159 cm³/mol. The van der Waals surface area contributed by atoms with Crippen molar-refractivity contribution in [2.75, 3.05) is 19.7 Å². The number of amides is 4. The van der Waals surface area contributed by atoms with E-state index >= 15 is 0 Å². The number of hydrogen-bond acceptors (Lipinski definition) is 8. The maximum atomic E-state index is 13.4. The summed E-state index contributed by atoms with van der Waals surface area (Å²) >= 11 is 0. The molecule has 0 aliphatic heterocycles. The molecule has 0 spiro atoms. The van der Waals surface area contributed by atoms with E-state index < -0.39 is 48.0 Å². The number of aliphatic carboxylic acids is 1. The molecule has 1 fully saturated rings. The monoisotopic (exact) mass is 605 g/mol. The first-order chi connectivity index (χ1) is 20.7. The van der Waals surface area contributed by atoms with Gasteiger partial charge in [0.1, 0.15) is 18.7 Å². The van der Waals surface area contributed by atoms with Crippen molar-refractivity contribution in [2.45, 2.75) is 95.9 Å². The fourth-order valence-electron chi connectivity index (χ4n) is 4.93. The molecule has 1 aliphatic carbocycles. The highest BCUT2D eigenvalue weighted by Gasteiger charge is 2.35. The number of carbonyl (C=O) groups excluding carboxylic acids is 4. The quantitative estimate of drug-likeness (QED) is 0.108. The third-order valence-electron chi connectivity index (χ3n) is 7.26. The highest BCUT2D eigenvalue weighted by atomic mass is 16.5. The average molecular weight is 606 g/mol. The van der Waals surface area contributed by atoms with E-state index in [1.807, 2.05) is 30.3 Å². The standard InChI is InChI=1S/C30H47N5O8/c1-2-42-28(39)22-14-6-7-15-23(22)33-26(36)24(34-29(40)35-25(27(37)38)17-8-10-18-31)16-9-11-19-32-30(41)43-20-21-12-4-3-5-13-21/h3-5,12-13,22-25H,2,6-11,14-20,31H2,1H3,(H,32,41)(H,33,36)(H,37,38)(H2,34,35,40)/t22-,23+,24-,25+/m1/s1. The molecular weight excluding hydrogens is 558 g/mol. The van der Waals surface area contributed by atoms with E-state index in [0.29, 0.717) is 51.6 Å². The minimum Gasteiger partial charge on any atom is -0.480 e. The minimum absolute atomic E-state index is 0.144. The molecule has 0 bridgehead atoms. The lowest BCUT2D eigenvalue weighted by Crippen LogP contribution is -2.56. The van der Waals surface area contributed by atoms with Crippen molar-refractivity contribution in [3.05, 3.63) is 35.9 Å². The molecule has 0 saturated heterocycles. The normalized spacial score (nSPS) is 17.5. The van der Waals surface area contributed by atoms with Gasteiger partial charge in [-0.05, 0) is 70.4 Å². The molecule has 0 radical (unpaired) electrons. The number of nitrogens with two attached hydrogens (primary N) is 1. The molecule has 1 aromatic carbocycles. The largest absolute Gasteiger partial charge is 0.480 e. The van der Waals surface area contributed by atoms with Crippen LogP contribution in [0.5, 0.6) is 0 Å². The number of carbonyl (C=O) groups is 5. The lowest BCUT2D eigenvalue weighted by atomic mass is 9.84. The number of rotatable bonds is 18. The molecular formula is C30H47N5O8. The lowest BCUT2D eigenvalue weighted by Gasteiger charge is -2.32. The molecule has 2 rings (SSSR count). The van der Waals surface area contributed by atoms with Gasteiger partial charge < -0.3 is 41.6 Å². The molecule has 240 valence electrons. The number of hydrogen-bond donors (Lipinski definition) is 6. The second-order valence-corrected chi connectivity index (χ2v) is 10.6. The smallest absolute Gasteiger partial charge is 0.407 e. The SMILES string of the molecule is CCOC(=O)[C@@H]1CCCC[C@@H]1NC(=O)[C@@H](CCCCNC(=O)OCc1ccccc1)NC(=O)N[C@@H](CCCCN)C(=O)O. The Bertz CT molecular complexity index is 1030. The van der Waals surface area contributed by atoms with Crippen LogP contribution in [0.2, 0.25) is 0 Å². The van der Waals surface area contributed by atoms with Crippen LogP contribution in [0.4, 0.5) is 9.59 Å². The van der Waals surface area contributed by atoms with Gasteiger partial charge in [0.2, 0.25) is 5.91 Å². The van der Waals surface area contributed by atoms with Gasteiger partial charge in [0.25, 0.3) is 0 Å². The number of alkyl carbamates (subject to hydrolysis) is 1. The number of unbranched alkanes of at least 4 members (excludes halogenated alkanes) is 2. The van der Waals surface area contributed by atoms with Crippen molar-refractivity contribution in [1.29, 1.82) is 0 Å². The van der Waals surface area contributed by atoms with E-state index in [4.69, 9.17) is 15.2 Å². The molecule has 1 aliphatic rings. The highest BCUT2D eigenvalue weighted by molar-refractivity contribution is 5.89. The lowest BCUT2D eigenvalue weighted by molar-refractivity contribution is -0.150. The summed E-state index contributed by atoms with van der Waals surface area (Å²) in [6.07, 6.45) is 4.85. The Balaban J connectivity index is 1.95. The summed E-state index contributed by atoms with van der Waals surface area (Å²) in [5.41, 5.74) is 6.35. The Morgan fingerprint density at radius 3 is 2.30 bits per heavy atom. The third-order valence-corrected chi connectivity index (χ3v) is 7.26. The Morgan fingerprint density at radius 2 is 1.60 bits per heavy atom. The first-order valence-electron chi connectivity index (χ1n) is 15.2. The Kier molecular flexibility index (Phi) is 16.5. The van der Waals surface area contributed by atoms with E-state index in [1.165, 1.54) is 0 Å². The summed E-state index contributed by atoms with van der Waals surface area (Å²) in [7, 11) is 0. The number of ether oxygens (including phenoxy) is 2. The topological polar surface area (TPSA) is 198 Å². The molecule has 0 aromatic heterocycles. The number of carboxylic acid groups (broad SMARTS) is 1. The third kappa shape index (κ3) is 13.8. The van der Waals surface area contributed by atoms with E-state index in [2.05, 4.69) is 21.3 Å². The van der Waals surface area contributed by atoms with Crippen molar-refractivity contribution in [1.82, 2.24) is 21.3 Å². The maximum absolute atomic E-state index is 13.4. The molecule has 4 atom stereocenters. The molecule has 13 nitrogen and oxygen atoms in total. The molecule has 4 amide bonds. The summed E-state index contributed by atoms with van der Waals surface area (Å²) in [4.78, 5) is 62.3. The van der Waals surface area contributed by atoms with Crippen LogP contribution in [0, 0.1) is 5.92 Å². The van der Waals surface area contributed by atoms with Crippen molar-refractivity contribution in [3.8, 4) is 0 Å². The van der Waals surface area contributed by atoms with Gasteiger partial charge >= 0.3 is 24.1 Å². The van der Waals surface area contributed by atoms with Crippen LogP contribution in [-0.2, 0) is 30.5 Å². The Morgan fingerprint density at radius 1 is 0.930 bits per heavy atom. The molecule has 13 heteroatoms. The number of urea groups is 1. The van der Waals surface area contributed by atoms with Gasteiger partial charge in [-0.15, -0.1) is 0 Å². The van der Waals surface area contributed by atoms with Crippen LogP contribution in [0.3, 0.4) is 0 Å². The number of carboxylic acids is 1. The fourth-order valence-corrected chi connectivity index (χ4v) is 4.93. The highest BCUT2D eigenvalue weighted by Crippen LogP contribution is 2.26. The summed E-state index contributed by atoms with van der Waals surface area (Å²) in [6, 6.07) is 5.94. The van der Waals surface area contributed by atoms with Crippen LogP contribution >= 0.6 is 0 Å². The van der Waals surface area contributed by atoms with Crippen LogP contribution in [0.25, 0.3) is 0 Å². The Hall–Kier alpha value is -3.87. The summed E-state index contributed by atoms with van der Waals surface area (Å²) in [5.74, 6) is -2.49. The number of esters is 1. The second-order valence-electron chi connectivity index (χ2n) is 10.6. The zero-order valence-electron chi connectivity index (χ0n) is 25.0. The summed E-state index contributed by atoms with van der Waals surface area (Å²) in [6.45, 7) is 2.82. The zero-order chi connectivity index (χ0) is 31.5. The fraction of sp³-hybridized carbons (Fsp3) is 0.633. The molecule has 0 unspecified atom stereocenters. The van der Waals surface area contributed by atoms with Gasteiger partial charge in [-0.3, -0.25) is 9.59 Å². The van der Waals surface area contributed by atoms with E-state index in [9.17, 15) is 29.1 Å². The van der Waals surface area contributed by atoms with E-state index in [1.54, 1.807) is 6.92 Å². The van der Waals surface area contributed by atoms with E-state index in [0.717, 1.165) is 18.4 Å². The maximum Gasteiger partial charge on any atom is 0.407 e. The molecule has 1 saturated carbocycles. The van der Waals surface area contributed by atoms with Gasteiger partial charge in [-0.2, -0.15) is 0 Å². The van der Waals surface area contributed by atoms with Crippen molar-refractivity contribution < 1.29 is 38.6 Å². The molecule has 7 N–H and O–H groups in total. The Labute approximate surface area is 253 Å². The summed E-state index contributed by atoms with van der Waals surface area (Å²) < 4.78 is 10.4. The van der Waals surface area contributed by atoms with Gasteiger partial charge in [-0.1, -0.05) is 43.2 Å². The van der Waals surface area contributed by atoms with Gasteiger partial charge in [0.15, 0.2) is 0 Å². The number of nitrogens with one attached hydrogen (secondary N) is 4. The van der Waals surface area contributed by atoms with Crippen molar-refractivity contribution in [2.24, 2.45) is 11.7 Å². The average Bonchev–Trinajstić information content (AvgIpc) is 2.99. The molecule has 43 heavy (non-hydrogen) atoms. The van der Waals surface area contributed by atoms with Crippen molar-refractivity contribution >= 4 is 30.0 Å². The van der Waals surface area contributed by atoms with Crippen LogP contribution in [-0.4, -0.2) is 72.9 Å². The van der Waals surface area contributed by atoms with Gasteiger partial charge in [0.05, 0.1) is 12.5 Å². The molecule has 1 aromatic rings. The van der Waals surface area contributed by atoms with Crippen LogP contribution in [0.1, 0.15) is 76.7 Å². The minimum atomic E-state index is -1.18. The number of benzene rings is 1. The van der Waals surface area contributed by atoms with Crippen molar-refractivity contribution in [3.63, 3.8) is 0 Å². The van der Waals surface area contributed by atoms with E-state index in [-0.39, 0.29) is 32.0 Å². The van der Waals surface area contributed by atoms with Crippen LogP contribution in [0.15, 0.2) is 30.3 Å². The predicted octanol–water partition coefficient (Wildman–Crippen LogP) is 2.57. The summed E-state index contributed by atoms with van der Waals surface area (Å²) in [5, 5.41) is 20.1. The first-order valence-corrected chi connectivity index (χ1v) is 15.2. The second kappa shape index (κ2) is 20.1.